The number of benzene rings is 2. The molecule has 0 bridgehead atoms. The molecule has 210 valence electrons. The van der Waals surface area contributed by atoms with E-state index in [1.807, 2.05) is 24.1 Å². The SMILES string of the molecule is C=CCN(C)c1cc(F)cc2c1[nH]c1nc(C)nc(-c3ccc(OCCOCCC(C)(C)O)c(OCC#N)c3)c12. The summed E-state index contributed by atoms with van der Waals surface area (Å²) in [6, 6.07) is 10.3. The van der Waals surface area contributed by atoms with E-state index in [2.05, 4.69) is 16.5 Å². The number of hydrogen-bond acceptors (Lipinski definition) is 8. The minimum absolute atomic E-state index is 0.169. The fourth-order valence-corrected chi connectivity index (χ4v) is 4.39. The van der Waals surface area contributed by atoms with Gasteiger partial charge in [-0.25, -0.2) is 14.4 Å². The lowest BCUT2D eigenvalue weighted by Crippen LogP contribution is -2.21. The lowest BCUT2D eigenvalue weighted by Gasteiger charge is -2.18. The van der Waals surface area contributed by atoms with Crippen molar-refractivity contribution in [2.45, 2.75) is 32.8 Å². The quantitative estimate of drug-likeness (QED) is 0.171. The van der Waals surface area contributed by atoms with Gasteiger partial charge >= 0.3 is 0 Å². The highest BCUT2D eigenvalue weighted by atomic mass is 19.1. The number of aromatic amines is 1. The number of rotatable bonds is 13. The normalized spacial score (nSPS) is 11.5. The number of nitriles is 1. The Hall–Kier alpha value is -4.20. The molecule has 2 N–H and O–H groups in total. The summed E-state index contributed by atoms with van der Waals surface area (Å²) >= 11 is 0. The summed E-state index contributed by atoms with van der Waals surface area (Å²) in [6.07, 6.45) is 2.26. The Morgan fingerprint density at radius 2 is 1.95 bits per heavy atom. The molecule has 4 aromatic rings. The third kappa shape index (κ3) is 6.68. The van der Waals surface area contributed by atoms with Gasteiger partial charge in [0.1, 0.15) is 30.0 Å². The maximum absolute atomic E-state index is 14.8. The molecule has 0 fully saturated rings. The van der Waals surface area contributed by atoms with E-state index in [4.69, 9.17) is 24.5 Å². The Morgan fingerprint density at radius 1 is 1.15 bits per heavy atom. The van der Waals surface area contributed by atoms with E-state index in [1.54, 1.807) is 39.0 Å². The lowest BCUT2D eigenvalue weighted by molar-refractivity contribution is 0.0215. The molecule has 0 atom stereocenters. The summed E-state index contributed by atoms with van der Waals surface area (Å²) in [5, 5.41) is 20.2. The number of halogens is 1. The molecule has 10 heteroatoms. The molecule has 0 unspecified atom stereocenters. The number of anilines is 1. The highest BCUT2D eigenvalue weighted by Gasteiger charge is 2.20. The van der Waals surface area contributed by atoms with E-state index in [9.17, 15) is 9.50 Å². The van der Waals surface area contributed by atoms with Crippen LogP contribution in [0.1, 0.15) is 26.1 Å². The monoisotopic (exact) mass is 547 g/mol. The molecule has 2 heterocycles. The van der Waals surface area contributed by atoms with Crippen molar-refractivity contribution in [1.29, 1.82) is 5.26 Å². The second kappa shape index (κ2) is 12.3. The number of H-pyrrole nitrogens is 1. The van der Waals surface area contributed by atoms with Crippen LogP contribution in [0.25, 0.3) is 33.2 Å². The van der Waals surface area contributed by atoms with Gasteiger partial charge in [-0.1, -0.05) is 6.08 Å². The fourth-order valence-electron chi connectivity index (χ4n) is 4.39. The molecule has 0 amide bonds. The van der Waals surface area contributed by atoms with Crippen LogP contribution in [0.3, 0.4) is 0 Å². The van der Waals surface area contributed by atoms with Crippen molar-refractivity contribution < 1.29 is 23.7 Å². The Labute approximate surface area is 232 Å². The van der Waals surface area contributed by atoms with Gasteiger partial charge in [-0.2, -0.15) is 5.26 Å². The summed E-state index contributed by atoms with van der Waals surface area (Å²) in [4.78, 5) is 14.6. The van der Waals surface area contributed by atoms with Crippen LogP contribution in [0, 0.1) is 24.1 Å². The second-order valence-electron chi connectivity index (χ2n) is 10.1. The van der Waals surface area contributed by atoms with Crippen molar-refractivity contribution in [3.63, 3.8) is 0 Å². The number of aromatic nitrogens is 3. The molecule has 0 aliphatic carbocycles. The number of aliphatic hydroxyl groups is 1. The number of nitrogens with one attached hydrogen (secondary N) is 1. The maximum atomic E-state index is 14.8. The molecule has 0 radical (unpaired) electrons. The molecular weight excluding hydrogens is 513 g/mol. The lowest BCUT2D eigenvalue weighted by atomic mass is 10.0. The number of nitrogens with zero attached hydrogens (tertiary/aromatic N) is 4. The van der Waals surface area contributed by atoms with Gasteiger partial charge in [0.25, 0.3) is 0 Å². The van der Waals surface area contributed by atoms with Gasteiger partial charge in [0.15, 0.2) is 18.1 Å². The maximum Gasteiger partial charge on any atom is 0.174 e. The van der Waals surface area contributed by atoms with Gasteiger partial charge in [-0.05, 0) is 57.5 Å². The number of aryl methyl sites for hydroxylation is 1. The van der Waals surface area contributed by atoms with Gasteiger partial charge in [0.05, 0.1) is 34.5 Å². The van der Waals surface area contributed by atoms with Crippen molar-refractivity contribution in [1.82, 2.24) is 15.0 Å². The summed E-state index contributed by atoms with van der Waals surface area (Å²) in [5.74, 6) is 0.985. The Bertz CT molecular complexity index is 1550. The Morgan fingerprint density at radius 3 is 2.67 bits per heavy atom. The van der Waals surface area contributed by atoms with Crippen LogP contribution in [0.5, 0.6) is 11.5 Å². The van der Waals surface area contributed by atoms with Gasteiger partial charge < -0.3 is 29.2 Å². The molecule has 0 aliphatic heterocycles. The molecular formula is C30H34FN5O4. The highest BCUT2D eigenvalue weighted by Crippen LogP contribution is 2.39. The van der Waals surface area contributed by atoms with Crippen molar-refractivity contribution in [3.8, 4) is 28.8 Å². The molecule has 0 saturated carbocycles. The summed E-state index contributed by atoms with van der Waals surface area (Å²) in [7, 11) is 1.87. The first kappa shape index (κ1) is 28.8. The number of likely N-dealkylation sites (N-methyl/N-ethyl adjacent to an activating group) is 1. The predicted molar refractivity (Wildman–Crippen MR) is 153 cm³/mol. The van der Waals surface area contributed by atoms with E-state index in [1.165, 1.54) is 12.1 Å². The predicted octanol–water partition coefficient (Wildman–Crippen LogP) is 5.31. The molecule has 2 aromatic carbocycles. The van der Waals surface area contributed by atoms with E-state index in [-0.39, 0.29) is 19.0 Å². The van der Waals surface area contributed by atoms with Crippen molar-refractivity contribution in [2.24, 2.45) is 0 Å². The Balaban J connectivity index is 1.71. The molecule has 0 saturated heterocycles. The minimum Gasteiger partial charge on any atom is -0.487 e. The van der Waals surface area contributed by atoms with Gasteiger partial charge in [-0.15, -0.1) is 6.58 Å². The van der Waals surface area contributed by atoms with Crippen LogP contribution < -0.4 is 14.4 Å². The van der Waals surface area contributed by atoms with Crippen molar-refractivity contribution in [2.75, 3.05) is 44.9 Å². The van der Waals surface area contributed by atoms with E-state index < -0.39 is 5.60 Å². The van der Waals surface area contributed by atoms with E-state index in [0.29, 0.717) is 76.9 Å². The van der Waals surface area contributed by atoms with Crippen LogP contribution in [0.2, 0.25) is 0 Å². The van der Waals surface area contributed by atoms with Crippen LogP contribution in [-0.2, 0) is 4.74 Å². The van der Waals surface area contributed by atoms with Crippen LogP contribution in [0.15, 0.2) is 43.0 Å². The van der Waals surface area contributed by atoms with E-state index in [0.717, 1.165) is 5.52 Å². The zero-order valence-electron chi connectivity index (χ0n) is 23.3. The smallest absolute Gasteiger partial charge is 0.174 e. The average molecular weight is 548 g/mol. The summed E-state index contributed by atoms with van der Waals surface area (Å²) in [6.45, 7) is 10.4. The minimum atomic E-state index is -0.792. The third-order valence-electron chi connectivity index (χ3n) is 6.28. The standard InChI is InChI=1S/C30H34FN5O4/c1-6-11-36(5)23-18-21(31)17-22-26-27(33-19(2)34-29(26)35-28(22)23)20-7-8-24(25(16-20)39-13-10-32)40-15-14-38-12-9-30(3,4)37/h6-8,16-18,37H,1,9,11-15H2,2-5H3,(H,33,34,35). The largest absolute Gasteiger partial charge is 0.487 e. The van der Waals surface area contributed by atoms with Crippen LogP contribution in [-0.4, -0.2) is 65.7 Å². The zero-order chi connectivity index (χ0) is 28.9. The molecule has 0 aliphatic rings. The number of fused-ring (bicyclic) bond motifs is 3. The number of hydrogen-bond donors (Lipinski definition) is 2. The van der Waals surface area contributed by atoms with Gasteiger partial charge in [-0.3, -0.25) is 0 Å². The molecule has 4 rings (SSSR count). The first-order chi connectivity index (χ1) is 19.1. The van der Waals surface area contributed by atoms with Gasteiger partial charge in [0.2, 0.25) is 0 Å². The fraction of sp³-hybridized carbons (Fsp3) is 0.367. The Kier molecular flexibility index (Phi) is 8.87. The first-order valence-corrected chi connectivity index (χ1v) is 13.0. The molecule has 9 nitrogen and oxygen atoms in total. The summed E-state index contributed by atoms with van der Waals surface area (Å²) < 4.78 is 32.0. The van der Waals surface area contributed by atoms with Crippen molar-refractivity contribution >= 4 is 27.6 Å². The van der Waals surface area contributed by atoms with Crippen LogP contribution in [0.4, 0.5) is 10.1 Å². The highest BCUT2D eigenvalue weighted by molar-refractivity contribution is 6.15. The second-order valence-corrected chi connectivity index (χ2v) is 10.1. The third-order valence-corrected chi connectivity index (χ3v) is 6.28. The number of ether oxygens (including phenoxy) is 3. The molecule has 2 aromatic heterocycles. The van der Waals surface area contributed by atoms with Gasteiger partial charge in [0, 0.05) is 31.1 Å². The average Bonchev–Trinajstić information content (AvgIpc) is 3.26. The van der Waals surface area contributed by atoms with E-state index >= 15 is 0 Å². The molecule has 40 heavy (non-hydrogen) atoms. The first-order valence-electron chi connectivity index (χ1n) is 13.0. The summed E-state index contributed by atoms with van der Waals surface area (Å²) in [5.41, 5.74) is 2.51. The van der Waals surface area contributed by atoms with Crippen molar-refractivity contribution in [3.05, 3.63) is 54.6 Å². The zero-order valence-corrected chi connectivity index (χ0v) is 23.3. The molecule has 0 spiro atoms. The van der Waals surface area contributed by atoms with Crippen LogP contribution >= 0.6 is 0 Å². The topological polar surface area (TPSA) is 117 Å².